The molecule has 2 amide bonds. The van der Waals surface area contributed by atoms with Crippen LogP contribution in [0.5, 0.6) is 0 Å². The summed E-state index contributed by atoms with van der Waals surface area (Å²) in [6.45, 7) is 0. The minimum absolute atomic E-state index is 0.0650. The van der Waals surface area contributed by atoms with Gasteiger partial charge in [0.05, 0.1) is 6.04 Å². The van der Waals surface area contributed by atoms with Gasteiger partial charge in [-0.3, -0.25) is 0 Å². The number of benzene rings is 1. The molecule has 0 spiro atoms. The van der Waals surface area contributed by atoms with Crippen LogP contribution in [0, 0.1) is 0 Å². The smallest absolute Gasteiger partial charge is 0.330 e. The molecule has 1 aliphatic rings. The van der Waals surface area contributed by atoms with Crippen LogP contribution in [0.25, 0.3) is 6.08 Å². The van der Waals surface area contributed by atoms with E-state index in [9.17, 15) is 4.79 Å². The van der Waals surface area contributed by atoms with Crippen LogP contribution in [0.3, 0.4) is 0 Å². The zero-order valence-electron chi connectivity index (χ0n) is 8.26. The molecule has 1 aromatic carbocycles. The Morgan fingerprint density at radius 3 is 2.87 bits per heavy atom. The summed E-state index contributed by atoms with van der Waals surface area (Å²) in [5.41, 5.74) is 1.13. The Kier molecular flexibility index (Phi) is 2.93. The molecule has 1 unspecified atom stereocenters. The summed E-state index contributed by atoms with van der Waals surface area (Å²) in [7, 11) is 0. The fourth-order valence-electron chi connectivity index (χ4n) is 1.42. The molecule has 3 heteroatoms. The molecule has 3 nitrogen and oxygen atoms in total. The number of carbonyl (C=O) groups is 1. The highest BCUT2D eigenvalue weighted by atomic mass is 16.2. The Bertz CT molecular complexity index is 395. The summed E-state index contributed by atoms with van der Waals surface area (Å²) in [5.74, 6) is 0. The van der Waals surface area contributed by atoms with Crippen molar-refractivity contribution in [2.75, 3.05) is 0 Å². The lowest BCUT2D eigenvalue weighted by molar-refractivity contribution is 0.246. The zero-order chi connectivity index (χ0) is 10.5. The normalized spacial score (nSPS) is 20.5. The molecule has 0 aromatic heterocycles. The maximum atomic E-state index is 10.9. The van der Waals surface area contributed by atoms with Gasteiger partial charge in [-0.05, 0) is 5.56 Å². The van der Waals surface area contributed by atoms with Gasteiger partial charge >= 0.3 is 6.03 Å². The van der Waals surface area contributed by atoms with Crippen LogP contribution in [0.2, 0.25) is 0 Å². The first-order valence-electron chi connectivity index (χ1n) is 4.91. The molecule has 1 N–H and O–H groups in total. The van der Waals surface area contributed by atoms with Gasteiger partial charge in [-0.2, -0.15) is 0 Å². The third kappa shape index (κ3) is 2.77. The highest BCUT2D eigenvalue weighted by molar-refractivity contribution is 5.87. The Hall–Kier alpha value is -1.90. The standard InChI is InChI=1S/C12H12N2O/c15-12-13-9-8-11(14-12)7-6-10-4-2-1-3-5-10/h1-7,9,11H,8H2,(H,14,15). The fraction of sp³-hybridized carbons (Fsp3) is 0.167. The van der Waals surface area contributed by atoms with Crippen molar-refractivity contribution in [2.45, 2.75) is 12.5 Å². The number of aliphatic imine (C=N–C) groups is 1. The molecule has 0 saturated heterocycles. The SMILES string of the molecule is O=C1N=CCC(C=Cc2ccccc2)N1. The molecule has 1 heterocycles. The van der Waals surface area contributed by atoms with E-state index in [1.807, 2.05) is 42.5 Å². The van der Waals surface area contributed by atoms with Gasteiger partial charge in [0.15, 0.2) is 0 Å². The highest BCUT2D eigenvalue weighted by Crippen LogP contribution is 2.05. The summed E-state index contributed by atoms with van der Waals surface area (Å²) in [5, 5.41) is 2.76. The summed E-state index contributed by atoms with van der Waals surface area (Å²) >= 11 is 0. The maximum absolute atomic E-state index is 10.9. The monoisotopic (exact) mass is 200 g/mol. The number of amides is 2. The van der Waals surface area contributed by atoms with Crippen molar-refractivity contribution < 1.29 is 4.79 Å². The second-order valence-electron chi connectivity index (χ2n) is 3.37. The second kappa shape index (κ2) is 4.55. The molecule has 1 atom stereocenters. The number of hydrogen-bond donors (Lipinski definition) is 1. The molecule has 0 saturated carbocycles. The average Bonchev–Trinajstić information content (AvgIpc) is 2.28. The van der Waals surface area contributed by atoms with Crippen LogP contribution in [0.4, 0.5) is 4.79 Å². The summed E-state index contributed by atoms with van der Waals surface area (Å²) in [6.07, 6.45) is 6.40. The van der Waals surface area contributed by atoms with Crippen molar-refractivity contribution in [3.63, 3.8) is 0 Å². The van der Waals surface area contributed by atoms with Gasteiger partial charge in [0, 0.05) is 12.6 Å². The van der Waals surface area contributed by atoms with Gasteiger partial charge in [-0.15, -0.1) is 0 Å². The van der Waals surface area contributed by atoms with Gasteiger partial charge in [-0.1, -0.05) is 42.5 Å². The first kappa shape index (κ1) is 9.65. The predicted octanol–water partition coefficient (Wildman–Crippen LogP) is 2.25. The van der Waals surface area contributed by atoms with Gasteiger partial charge in [0.25, 0.3) is 0 Å². The van der Waals surface area contributed by atoms with Crippen LogP contribution in [0.15, 0.2) is 41.4 Å². The van der Waals surface area contributed by atoms with Crippen LogP contribution in [-0.4, -0.2) is 18.3 Å². The Labute approximate surface area is 88.5 Å². The summed E-state index contributed by atoms with van der Waals surface area (Å²) in [6, 6.07) is 9.80. The quantitative estimate of drug-likeness (QED) is 0.781. The van der Waals surface area contributed by atoms with Gasteiger partial charge in [0.1, 0.15) is 0 Å². The van der Waals surface area contributed by atoms with E-state index in [4.69, 9.17) is 0 Å². The van der Waals surface area contributed by atoms with Gasteiger partial charge in [0.2, 0.25) is 0 Å². The molecule has 0 fully saturated rings. The number of carbonyl (C=O) groups excluding carboxylic acids is 1. The molecule has 2 rings (SSSR count). The van der Waals surface area contributed by atoms with Crippen LogP contribution >= 0.6 is 0 Å². The van der Waals surface area contributed by atoms with Crippen LogP contribution in [-0.2, 0) is 0 Å². The van der Waals surface area contributed by atoms with E-state index in [2.05, 4.69) is 10.3 Å². The number of nitrogens with zero attached hydrogens (tertiary/aromatic N) is 1. The first-order chi connectivity index (χ1) is 7.34. The van der Waals surface area contributed by atoms with Crippen molar-refractivity contribution >= 4 is 18.3 Å². The van der Waals surface area contributed by atoms with E-state index in [1.54, 1.807) is 6.21 Å². The first-order valence-corrected chi connectivity index (χ1v) is 4.91. The molecule has 0 aliphatic carbocycles. The number of urea groups is 1. The molecular weight excluding hydrogens is 188 g/mol. The van der Waals surface area contributed by atoms with E-state index < -0.39 is 0 Å². The highest BCUT2D eigenvalue weighted by Gasteiger charge is 2.10. The molecule has 1 aromatic rings. The van der Waals surface area contributed by atoms with Gasteiger partial charge in [-0.25, -0.2) is 9.79 Å². The molecule has 0 radical (unpaired) electrons. The fourth-order valence-corrected chi connectivity index (χ4v) is 1.42. The van der Waals surface area contributed by atoms with E-state index in [-0.39, 0.29) is 12.1 Å². The lowest BCUT2D eigenvalue weighted by Gasteiger charge is -2.14. The van der Waals surface area contributed by atoms with E-state index in [0.717, 1.165) is 12.0 Å². The molecule has 1 aliphatic heterocycles. The topological polar surface area (TPSA) is 41.5 Å². The van der Waals surface area contributed by atoms with Crippen molar-refractivity contribution in [3.05, 3.63) is 42.0 Å². The lowest BCUT2D eigenvalue weighted by atomic mass is 10.1. The Morgan fingerprint density at radius 1 is 1.33 bits per heavy atom. The van der Waals surface area contributed by atoms with E-state index in [0.29, 0.717) is 0 Å². The molecule has 15 heavy (non-hydrogen) atoms. The number of nitrogens with one attached hydrogen (secondary N) is 1. The van der Waals surface area contributed by atoms with Crippen LogP contribution < -0.4 is 5.32 Å². The minimum Gasteiger partial charge on any atom is -0.330 e. The Morgan fingerprint density at radius 2 is 2.13 bits per heavy atom. The van der Waals surface area contributed by atoms with Gasteiger partial charge < -0.3 is 5.32 Å². The largest absolute Gasteiger partial charge is 0.341 e. The minimum atomic E-state index is -0.260. The predicted molar refractivity (Wildman–Crippen MR) is 60.9 cm³/mol. The number of hydrogen-bond acceptors (Lipinski definition) is 1. The van der Waals surface area contributed by atoms with E-state index >= 15 is 0 Å². The molecular formula is C12H12N2O. The lowest BCUT2D eigenvalue weighted by Crippen LogP contribution is -2.34. The third-order valence-electron chi connectivity index (χ3n) is 2.20. The molecule has 0 bridgehead atoms. The number of rotatable bonds is 2. The Balaban J connectivity index is 2.00. The van der Waals surface area contributed by atoms with Crippen molar-refractivity contribution in [1.29, 1.82) is 0 Å². The van der Waals surface area contributed by atoms with Crippen molar-refractivity contribution in [2.24, 2.45) is 4.99 Å². The zero-order valence-corrected chi connectivity index (χ0v) is 8.26. The maximum Gasteiger partial charge on any atom is 0.341 e. The third-order valence-corrected chi connectivity index (χ3v) is 2.20. The summed E-state index contributed by atoms with van der Waals surface area (Å²) < 4.78 is 0. The van der Waals surface area contributed by atoms with E-state index in [1.165, 1.54) is 0 Å². The second-order valence-corrected chi connectivity index (χ2v) is 3.37. The van der Waals surface area contributed by atoms with Crippen molar-refractivity contribution in [1.82, 2.24) is 5.32 Å². The summed E-state index contributed by atoms with van der Waals surface area (Å²) in [4.78, 5) is 14.6. The van der Waals surface area contributed by atoms with Crippen LogP contribution in [0.1, 0.15) is 12.0 Å². The average molecular weight is 200 g/mol. The molecule has 76 valence electrons. The van der Waals surface area contributed by atoms with Crippen molar-refractivity contribution in [3.8, 4) is 0 Å².